The molecule has 0 aliphatic carbocycles. The van der Waals surface area contributed by atoms with Crippen molar-refractivity contribution in [2.45, 2.75) is 46.1 Å². The van der Waals surface area contributed by atoms with Crippen LogP contribution in [0.5, 0.6) is 0 Å². The molecule has 0 amide bonds. The quantitative estimate of drug-likeness (QED) is 0.627. The van der Waals surface area contributed by atoms with Crippen LogP contribution in [0, 0.1) is 5.92 Å². The molecule has 0 spiro atoms. The number of nitrogens with zero attached hydrogens (tertiary/aromatic N) is 1. The van der Waals surface area contributed by atoms with Crippen LogP contribution in [0.2, 0.25) is 0 Å². The number of likely N-dealkylation sites (N-methyl/N-ethyl adjacent to an activating group) is 1. The fraction of sp³-hybridized carbons (Fsp3) is 1.00. The summed E-state index contributed by atoms with van der Waals surface area (Å²) in [7, 11) is 0. The van der Waals surface area contributed by atoms with Crippen LogP contribution >= 0.6 is 0 Å². The molecule has 2 atom stereocenters. The monoisotopic (exact) mass is 242 g/mol. The van der Waals surface area contributed by atoms with Crippen molar-refractivity contribution < 1.29 is 4.74 Å². The van der Waals surface area contributed by atoms with Crippen LogP contribution in [0.3, 0.4) is 0 Å². The average Bonchev–Trinajstić information content (AvgIpc) is 2.85. The minimum absolute atomic E-state index is 0.472. The molecule has 1 aliphatic rings. The molecule has 3 nitrogen and oxygen atoms in total. The third-order valence-electron chi connectivity index (χ3n) is 3.71. The molecule has 0 aromatic heterocycles. The van der Waals surface area contributed by atoms with Crippen molar-refractivity contribution in [3.63, 3.8) is 0 Å². The fourth-order valence-electron chi connectivity index (χ4n) is 2.25. The Hall–Kier alpha value is -0.120. The number of nitrogens with one attached hydrogen (secondary N) is 1. The SMILES string of the molecule is CCC(C)CN(CC)CCNCC1CCCO1. The molecular formula is C14H30N2O. The average molecular weight is 242 g/mol. The Bertz CT molecular complexity index is 181. The molecule has 0 aromatic rings. The van der Waals surface area contributed by atoms with Crippen LogP contribution in [0.1, 0.15) is 40.0 Å². The van der Waals surface area contributed by atoms with Gasteiger partial charge in [0.1, 0.15) is 0 Å². The van der Waals surface area contributed by atoms with Gasteiger partial charge in [0.05, 0.1) is 6.10 Å². The molecule has 0 saturated carbocycles. The summed E-state index contributed by atoms with van der Waals surface area (Å²) in [4.78, 5) is 2.54. The van der Waals surface area contributed by atoms with Gasteiger partial charge >= 0.3 is 0 Å². The molecule has 1 rings (SSSR count). The van der Waals surface area contributed by atoms with Crippen molar-refractivity contribution in [1.29, 1.82) is 0 Å². The number of hydrogen-bond acceptors (Lipinski definition) is 3. The molecule has 1 fully saturated rings. The second-order valence-electron chi connectivity index (χ2n) is 5.25. The maximum atomic E-state index is 5.59. The Morgan fingerprint density at radius 3 is 2.82 bits per heavy atom. The highest BCUT2D eigenvalue weighted by Crippen LogP contribution is 2.10. The first-order chi connectivity index (χ1) is 8.26. The summed E-state index contributed by atoms with van der Waals surface area (Å²) in [6.45, 7) is 13.5. The molecule has 1 aliphatic heterocycles. The highest BCUT2D eigenvalue weighted by Gasteiger charge is 2.14. The van der Waals surface area contributed by atoms with Gasteiger partial charge in [0, 0.05) is 32.8 Å². The fourth-order valence-corrected chi connectivity index (χ4v) is 2.25. The van der Waals surface area contributed by atoms with Gasteiger partial charge in [0.2, 0.25) is 0 Å². The van der Waals surface area contributed by atoms with Crippen LogP contribution in [0.4, 0.5) is 0 Å². The van der Waals surface area contributed by atoms with Gasteiger partial charge in [0.25, 0.3) is 0 Å². The molecule has 1 N–H and O–H groups in total. The summed E-state index contributed by atoms with van der Waals surface area (Å²) in [6.07, 6.45) is 4.22. The van der Waals surface area contributed by atoms with E-state index in [4.69, 9.17) is 4.74 Å². The Kier molecular flexibility index (Phi) is 7.82. The first-order valence-electron chi connectivity index (χ1n) is 7.30. The van der Waals surface area contributed by atoms with E-state index in [-0.39, 0.29) is 0 Å². The van der Waals surface area contributed by atoms with E-state index in [0.29, 0.717) is 6.10 Å². The van der Waals surface area contributed by atoms with Gasteiger partial charge in [-0.3, -0.25) is 0 Å². The van der Waals surface area contributed by atoms with Crippen molar-refractivity contribution >= 4 is 0 Å². The second-order valence-corrected chi connectivity index (χ2v) is 5.25. The van der Waals surface area contributed by atoms with E-state index in [0.717, 1.165) is 38.7 Å². The first kappa shape index (κ1) is 14.9. The van der Waals surface area contributed by atoms with Crippen LogP contribution in [0.25, 0.3) is 0 Å². The summed E-state index contributed by atoms with van der Waals surface area (Å²) in [5, 5.41) is 3.52. The summed E-state index contributed by atoms with van der Waals surface area (Å²) in [5.41, 5.74) is 0. The number of hydrogen-bond donors (Lipinski definition) is 1. The molecule has 0 radical (unpaired) electrons. The Labute approximate surface area is 107 Å². The van der Waals surface area contributed by atoms with E-state index in [9.17, 15) is 0 Å². The van der Waals surface area contributed by atoms with Crippen molar-refractivity contribution in [3.8, 4) is 0 Å². The van der Waals surface area contributed by atoms with Gasteiger partial charge in [0.15, 0.2) is 0 Å². The van der Waals surface area contributed by atoms with E-state index in [1.165, 1.54) is 25.8 Å². The largest absolute Gasteiger partial charge is 0.377 e. The number of rotatable bonds is 9. The van der Waals surface area contributed by atoms with Crippen LogP contribution in [-0.4, -0.2) is 50.3 Å². The zero-order chi connectivity index (χ0) is 12.5. The second kappa shape index (κ2) is 8.90. The molecule has 1 saturated heterocycles. The van der Waals surface area contributed by atoms with Gasteiger partial charge in [-0.25, -0.2) is 0 Å². The predicted octanol–water partition coefficient (Wildman–Crippen LogP) is 2.12. The molecule has 17 heavy (non-hydrogen) atoms. The van der Waals surface area contributed by atoms with Crippen molar-refractivity contribution in [1.82, 2.24) is 10.2 Å². The predicted molar refractivity (Wildman–Crippen MR) is 73.4 cm³/mol. The van der Waals surface area contributed by atoms with Crippen molar-refractivity contribution in [3.05, 3.63) is 0 Å². The Balaban J connectivity index is 2.02. The van der Waals surface area contributed by atoms with Gasteiger partial charge in [-0.1, -0.05) is 27.2 Å². The van der Waals surface area contributed by atoms with Gasteiger partial charge in [-0.05, 0) is 25.3 Å². The molecular weight excluding hydrogens is 212 g/mol. The molecule has 0 bridgehead atoms. The zero-order valence-electron chi connectivity index (χ0n) is 11.9. The lowest BCUT2D eigenvalue weighted by molar-refractivity contribution is 0.109. The van der Waals surface area contributed by atoms with E-state index in [2.05, 4.69) is 31.0 Å². The van der Waals surface area contributed by atoms with Crippen molar-refractivity contribution in [2.24, 2.45) is 5.92 Å². The summed E-state index contributed by atoms with van der Waals surface area (Å²) in [5.74, 6) is 0.813. The highest BCUT2D eigenvalue weighted by molar-refractivity contribution is 4.68. The van der Waals surface area contributed by atoms with Crippen LogP contribution in [-0.2, 0) is 4.74 Å². The lowest BCUT2D eigenvalue weighted by Crippen LogP contribution is -2.37. The molecule has 1 heterocycles. The molecule has 3 heteroatoms. The van der Waals surface area contributed by atoms with E-state index in [1.54, 1.807) is 0 Å². The van der Waals surface area contributed by atoms with Crippen LogP contribution < -0.4 is 5.32 Å². The van der Waals surface area contributed by atoms with Gasteiger partial charge in [-0.15, -0.1) is 0 Å². The maximum absolute atomic E-state index is 5.59. The minimum atomic E-state index is 0.472. The Morgan fingerprint density at radius 1 is 1.41 bits per heavy atom. The summed E-state index contributed by atoms with van der Waals surface area (Å²) >= 11 is 0. The standard InChI is InChI=1S/C14H30N2O/c1-4-13(3)12-16(5-2)9-8-15-11-14-7-6-10-17-14/h13-15H,4-12H2,1-3H3. The lowest BCUT2D eigenvalue weighted by atomic mass is 10.1. The molecule has 2 unspecified atom stereocenters. The Morgan fingerprint density at radius 2 is 2.24 bits per heavy atom. The highest BCUT2D eigenvalue weighted by atomic mass is 16.5. The maximum Gasteiger partial charge on any atom is 0.0700 e. The van der Waals surface area contributed by atoms with Crippen molar-refractivity contribution in [2.75, 3.05) is 39.3 Å². The lowest BCUT2D eigenvalue weighted by Gasteiger charge is -2.24. The van der Waals surface area contributed by atoms with Crippen LogP contribution in [0.15, 0.2) is 0 Å². The van der Waals surface area contributed by atoms with E-state index < -0.39 is 0 Å². The topological polar surface area (TPSA) is 24.5 Å². The van der Waals surface area contributed by atoms with Gasteiger partial charge < -0.3 is 15.0 Å². The molecule has 102 valence electrons. The third-order valence-corrected chi connectivity index (χ3v) is 3.71. The normalized spacial score (nSPS) is 22.2. The first-order valence-corrected chi connectivity index (χ1v) is 7.30. The smallest absolute Gasteiger partial charge is 0.0700 e. The van der Waals surface area contributed by atoms with Gasteiger partial charge in [-0.2, -0.15) is 0 Å². The summed E-state index contributed by atoms with van der Waals surface area (Å²) < 4.78 is 5.59. The number of ether oxygens (including phenoxy) is 1. The van der Waals surface area contributed by atoms with E-state index in [1.807, 2.05) is 0 Å². The minimum Gasteiger partial charge on any atom is -0.377 e. The summed E-state index contributed by atoms with van der Waals surface area (Å²) in [6, 6.07) is 0. The molecule has 0 aromatic carbocycles. The van der Waals surface area contributed by atoms with E-state index >= 15 is 0 Å². The third kappa shape index (κ3) is 6.39. The zero-order valence-corrected chi connectivity index (χ0v) is 11.9.